The van der Waals surface area contributed by atoms with Crippen LogP contribution in [0.25, 0.3) is 117 Å². The van der Waals surface area contributed by atoms with E-state index in [-0.39, 0.29) is 0 Å². The SMILES string of the molecule is c1ccc(-c2cc(-c3ccccc3)nc(-n3c4ccccc4c4cc(-c5ccc6c7ccccc7n(-c7ccc8c(c7)c7ncncc7n8-c7ccccc7)c6c5)ccc43)n2)cc1. The Morgan fingerprint density at radius 3 is 1.59 bits per heavy atom. The van der Waals surface area contributed by atoms with Crippen LogP contribution in [0.4, 0.5) is 0 Å². The molecule has 0 amide bonds. The van der Waals surface area contributed by atoms with Gasteiger partial charge in [-0.3, -0.25) is 4.57 Å². The van der Waals surface area contributed by atoms with Gasteiger partial charge in [-0.15, -0.1) is 0 Å². The summed E-state index contributed by atoms with van der Waals surface area (Å²) in [5, 5.41) is 5.77. The summed E-state index contributed by atoms with van der Waals surface area (Å²) in [6, 6.07) is 70.9. The van der Waals surface area contributed by atoms with Crippen LogP contribution in [0.3, 0.4) is 0 Å². The van der Waals surface area contributed by atoms with Gasteiger partial charge in [-0.05, 0) is 77.9 Å². The Hall–Kier alpha value is -8.68. The molecule has 294 valence electrons. The van der Waals surface area contributed by atoms with E-state index in [1.54, 1.807) is 6.33 Å². The summed E-state index contributed by atoms with van der Waals surface area (Å²) in [6.07, 6.45) is 3.55. The van der Waals surface area contributed by atoms with E-state index in [0.717, 1.165) is 99.8 Å². The second-order valence-electron chi connectivity index (χ2n) is 16.0. The number of aromatic nitrogens is 7. The van der Waals surface area contributed by atoms with Crippen LogP contribution in [0, 0.1) is 0 Å². The van der Waals surface area contributed by atoms with Crippen molar-refractivity contribution in [3.8, 4) is 51.0 Å². The van der Waals surface area contributed by atoms with Crippen LogP contribution in [0.1, 0.15) is 0 Å². The van der Waals surface area contributed by atoms with E-state index in [9.17, 15) is 0 Å². The van der Waals surface area contributed by atoms with E-state index in [4.69, 9.17) is 15.0 Å². The molecule has 13 rings (SSSR count). The van der Waals surface area contributed by atoms with Crippen molar-refractivity contribution in [1.29, 1.82) is 0 Å². The van der Waals surface area contributed by atoms with Gasteiger partial charge in [-0.1, -0.05) is 133 Å². The first-order chi connectivity index (χ1) is 31.2. The Balaban J connectivity index is 0.991. The third-order valence-electron chi connectivity index (χ3n) is 12.4. The van der Waals surface area contributed by atoms with Crippen LogP contribution < -0.4 is 0 Å². The summed E-state index contributed by atoms with van der Waals surface area (Å²) >= 11 is 0. The number of hydrogen-bond donors (Lipinski definition) is 0. The second-order valence-corrected chi connectivity index (χ2v) is 16.0. The van der Waals surface area contributed by atoms with Gasteiger partial charge in [0.25, 0.3) is 0 Å². The van der Waals surface area contributed by atoms with Crippen molar-refractivity contribution in [1.82, 2.24) is 33.6 Å². The van der Waals surface area contributed by atoms with Gasteiger partial charge in [-0.25, -0.2) is 19.9 Å². The molecule has 5 heterocycles. The highest BCUT2D eigenvalue weighted by atomic mass is 15.2. The lowest BCUT2D eigenvalue weighted by Crippen LogP contribution is -2.03. The van der Waals surface area contributed by atoms with Crippen LogP contribution in [0.2, 0.25) is 0 Å². The Kier molecular flexibility index (Phi) is 7.77. The molecule has 0 aliphatic carbocycles. The summed E-state index contributed by atoms with van der Waals surface area (Å²) < 4.78 is 6.86. The van der Waals surface area contributed by atoms with E-state index in [1.165, 1.54) is 10.8 Å². The quantitative estimate of drug-likeness (QED) is 0.168. The average Bonchev–Trinajstić information content (AvgIpc) is 3.99. The zero-order valence-corrected chi connectivity index (χ0v) is 33.8. The van der Waals surface area contributed by atoms with E-state index in [1.807, 2.05) is 24.4 Å². The van der Waals surface area contributed by atoms with Gasteiger partial charge in [-0.2, -0.15) is 0 Å². The fourth-order valence-electron chi connectivity index (χ4n) is 9.57. The summed E-state index contributed by atoms with van der Waals surface area (Å²) in [4.78, 5) is 19.7. The van der Waals surface area contributed by atoms with E-state index >= 15 is 0 Å². The zero-order chi connectivity index (χ0) is 41.4. The van der Waals surface area contributed by atoms with Gasteiger partial charge in [0, 0.05) is 49.4 Å². The lowest BCUT2D eigenvalue weighted by Gasteiger charge is -2.12. The van der Waals surface area contributed by atoms with Gasteiger partial charge in [0.1, 0.15) is 6.33 Å². The Labute approximate surface area is 361 Å². The topological polar surface area (TPSA) is 66.3 Å². The van der Waals surface area contributed by atoms with Crippen molar-refractivity contribution in [2.24, 2.45) is 0 Å². The average molecular weight is 806 g/mol. The van der Waals surface area contributed by atoms with Crippen molar-refractivity contribution in [2.75, 3.05) is 0 Å². The number of fused-ring (bicyclic) bond motifs is 9. The number of nitrogens with zero attached hydrogens (tertiary/aromatic N) is 7. The molecule has 0 saturated heterocycles. The molecule has 5 aromatic heterocycles. The molecule has 13 aromatic rings. The first-order valence-electron chi connectivity index (χ1n) is 21.1. The van der Waals surface area contributed by atoms with Gasteiger partial charge in [0.05, 0.1) is 56.2 Å². The van der Waals surface area contributed by atoms with Gasteiger partial charge in [0.2, 0.25) is 5.95 Å². The molecule has 0 fully saturated rings. The van der Waals surface area contributed by atoms with Crippen LogP contribution in [0.5, 0.6) is 0 Å². The highest BCUT2D eigenvalue weighted by molar-refractivity contribution is 6.13. The van der Waals surface area contributed by atoms with Crippen LogP contribution in [0.15, 0.2) is 213 Å². The molecule has 0 unspecified atom stereocenters. The largest absolute Gasteiger partial charge is 0.309 e. The molecular formula is C56H35N7. The fourth-order valence-corrected chi connectivity index (χ4v) is 9.57. The standard InChI is InChI=1S/C56H35N7/c1-4-14-36(15-5-1)47-33-48(37-16-6-2-7-17-37)60-56(59-47)63-50-23-13-11-21-43(50)45-30-38(25-28-51(45)63)39-24-27-44-42-20-10-12-22-49(42)62(53(44)31-39)41-26-29-52-46(32-41)55-54(34-57-35-58-55)61(52)40-18-8-3-9-19-40/h1-35H. The molecule has 8 aromatic carbocycles. The van der Waals surface area contributed by atoms with E-state index < -0.39 is 0 Å². The van der Waals surface area contributed by atoms with Crippen molar-refractivity contribution in [2.45, 2.75) is 0 Å². The molecule has 0 atom stereocenters. The maximum absolute atomic E-state index is 5.24. The molecule has 0 aliphatic rings. The Morgan fingerprint density at radius 1 is 0.317 bits per heavy atom. The van der Waals surface area contributed by atoms with Crippen LogP contribution in [-0.2, 0) is 0 Å². The Morgan fingerprint density at radius 2 is 0.857 bits per heavy atom. The first kappa shape index (κ1) is 35.1. The number of para-hydroxylation sites is 3. The Bertz CT molecular complexity index is 3840. The highest BCUT2D eigenvalue weighted by Gasteiger charge is 2.20. The van der Waals surface area contributed by atoms with Crippen molar-refractivity contribution >= 4 is 65.5 Å². The van der Waals surface area contributed by atoms with Gasteiger partial charge >= 0.3 is 0 Å². The maximum Gasteiger partial charge on any atom is 0.235 e. The maximum atomic E-state index is 5.24. The van der Waals surface area contributed by atoms with Crippen LogP contribution >= 0.6 is 0 Å². The highest BCUT2D eigenvalue weighted by Crippen LogP contribution is 2.40. The fraction of sp³-hybridized carbons (Fsp3) is 0. The molecule has 7 heteroatoms. The van der Waals surface area contributed by atoms with Gasteiger partial charge < -0.3 is 9.13 Å². The molecule has 0 N–H and O–H groups in total. The third-order valence-corrected chi connectivity index (χ3v) is 12.4. The number of benzene rings is 8. The minimum atomic E-state index is 0.635. The molecule has 7 nitrogen and oxygen atoms in total. The molecule has 0 bridgehead atoms. The monoisotopic (exact) mass is 805 g/mol. The summed E-state index contributed by atoms with van der Waals surface area (Å²) in [5.41, 5.74) is 15.6. The lowest BCUT2D eigenvalue weighted by molar-refractivity contribution is 0.995. The smallest absolute Gasteiger partial charge is 0.235 e. The van der Waals surface area contributed by atoms with Crippen molar-refractivity contribution < 1.29 is 0 Å². The molecular weight excluding hydrogens is 771 g/mol. The molecule has 0 radical (unpaired) electrons. The van der Waals surface area contributed by atoms with E-state index in [0.29, 0.717) is 5.95 Å². The predicted octanol–water partition coefficient (Wildman–Crippen LogP) is 13.6. The summed E-state index contributed by atoms with van der Waals surface area (Å²) in [7, 11) is 0. The molecule has 0 aliphatic heterocycles. The normalized spacial score (nSPS) is 11.8. The summed E-state index contributed by atoms with van der Waals surface area (Å²) in [5.74, 6) is 0.635. The first-order valence-corrected chi connectivity index (χ1v) is 21.1. The molecule has 0 spiro atoms. The molecule has 63 heavy (non-hydrogen) atoms. The zero-order valence-electron chi connectivity index (χ0n) is 33.8. The van der Waals surface area contributed by atoms with Crippen LogP contribution in [-0.4, -0.2) is 33.6 Å². The van der Waals surface area contributed by atoms with E-state index in [2.05, 4.69) is 201 Å². The molecule has 0 saturated carbocycles. The van der Waals surface area contributed by atoms with Gasteiger partial charge in [0.15, 0.2) is 0 Å². The minimum absolute atomic E-state index is 0.635. The van der Waals surface area contributed by atoms with Crippen molar-refractivity contribution in [3.05, 3.63) is 213 Å². The number of rotatable bonds is 6. The predicted molar refractivity (Wildman–Crippen MR) is 257 cm³/mol. The third kappa shape index (κ3) is 5.53. The second kappa shape index (κ2) is 13.9. The number of hydrogen-bond acceptors (Lipinski definition) is 4. The summed E-state index contributed by atoms with van der Waals surface area (Å²) in [6.45, 7) is 0. The minimum Gasteiger partial charge on any atom is -0.309 e. The van der Waals surface area contributed by atoms with Crippen molar-refractivity contribution in [3.63, 3.8) is 0 Å². The lowest BCUT2D eigenvalue weighted by atomic mass is 10.0.